The molecule has 10 nitrogen and oxygen atoms in total. The van der Waals surface area contributed by atoms with Crippen LogP contribution in [0, 0.1) is 6.92 Å². The molecule has 25 heavy (non-hydrogen) atoms. The minimum atomic E-state index is -4.76. The van der Waals surface area contributed by atoms with Crippen LogP contribution < -0.4 is 80.2 Å². The molecule has 130 valence electrons. The number of hydrogen-bond acceptors (Lipinski definition) is 8. The average molecular weight is 394 g/mol. The van der Waals surface area contributed by atoms with Crippen LogP contribution in [-0.4, -0.2) is 41.8 Å². The average Bonchev–Trinajstić information content (AvgIpc) is 2.84. The van der Waals surface area contributed by atoms with E-state index in [2.05, 4.69) is 4.98 Å². The Morgan fingerprint density at radius 1 is 1.40 bits per heavy atom. The molecule has 0 spiro atoms. The molecule has 1 saturated heterocycles. The number of H-pyrrole nitrogens is 1. The van der Waals surface area contributed by atoms with E-state index in [9.17, 15) is 23.9 Å². The van der Waals surface area contributed by atoms with Gasteiger partial charge < -0.3 is 28.6 Å². The number of nitrogens with one attached hydrogen (secondary N) is 1. The molecule has 0 saturated carbocycles. The summed E-state index contributed by atoms with van der Waals surface area (Å²) in [7, 11) is -3.32. The Bertz CT molecular complexity index is 718. The summed E-state index contributed by atoms with van der Waals surface area (Å²) in [6.07, 6.45) is -1.03. The largest absolute Gasteiger partial charge is 1.00 e. The second-order valence-electron chi connectivity index (χ2n) is 5.23. The van der Waals surface area contributed by atoms with Crippen molar-refractivity contribution in [2.24, 2.45) is 0 Å². The van der Waals surface area contributed by atoms with Gasteiger partial charge in [0.2, 0.25) is 0 Å². The number of nitrogens with zero attached hydrogens (tertiary/aromatic N) is 1. The second kappa shape index (κ2) is 10.9. The van der Waals surface area contributed by atoms with E-state index in [0.29, 0.717) is 12.0 Å². The molecule has 1 aromatic heterocycles. The van der Waals surface area contributed by atoms with Gasteiger partial charge in [-0.05, 0) is 14.5 Å². The number of ether oxygens (including phenoxy) is 3. The van der Waals surface area contributed by atoms with E-state index in [1.807, 2.05) is 0 Å². The van der Waals surface area contributed by atoms with Gasteiger partial charge in [-0.2, -0.15) is 0 Å². The maximum Gasteiger partial charge on any atom is 1.00 e. The number of aromatic nitrogens is 2. The molecule has 2 heterocycles. The van der Waals surface area contributed by atoms with E-state index < -0.39 is 43.6 Å². The smallest absolute Gasteiger partial charge is 0.809 e. The summed E-state index contributed by atoms with van der Waals surface area (Å²) >= 11 is 0. The third-order valence-electron chi connectivity index (χ3n) is 3.47. The Morgan fingerprint density at radius 3 is 2.60 bits per heavy atom. The van der Waals surface area contributed by atoms with Crippen molar-refractivity contribution in [3.63, 3.8) is 0 Å². The fourth-order valence-corrected chi connectivity index (χ4v) is 2.68. The predicted molar refractivity (Wildman–Crippen MR) is 73.8 cm³/mol. The molecule has 3 atom stereocenters. The standard InChI is InChI=1S/C12H19N2O8P.2Na/c1-7-4-14(12(16)13-11(7)15)10-3-8(20-2)9(22-10)5-21-6-23(17,18)19;;/h4,8-10H,3,5-6H2,1-2H3,(H,13,15,16)(H2,17,18,19);;/q;2*+1/p-2/t8-,9+,10+;;/m0../s1. The summed E-state index contributed by atoms with van der Waals surface area (Å²) in [6.45, 7) is 1.39. The second-order valence-corrected chi connectivity index (χ2v) is 6.71. The quantitative estimate of drug-likeness (QED) is 0.370. The van der Waals surface area contributed by atoms with Crippen LogP contribution >= 0.6 is 7.60 Å². The Kier molecular flexibility index (Phi) is 11.2. The zero-order valence-electron chi connectivity index (χ0n) is 14.6. The molecular formula is C12H17N2Na2O8P. The normalized spacial score (nSPS) is 23.0. The first-order valence-electron chi connectivity index (χ1n) is 6.80. The zero-order valence-corrected chi connectivity index (χ0v) is 19.5. The van der Waals surface area contributed by atoms with Gasteiger partial charge in [0.05, 0.1) is 19.1 Å². The van der Waals surface area contributed by atoms with Crippen LogP contribution in [-0.2, 0) is 18.8 Å². The maximum absolute atomic E-state index is 11.9. The molecule has 1 N–H and O–H groups in total. The Labute approximate surface area is 188 Å². The minimum absolute atomic E-state index is 0. The van der Waals surface area contributed by atoms with Crippen molar-refractivity contribution in [3.05, 3.63) is 32.6 Å². The van der Waals surface area contributed by atoms with Gasteiger partial charge in [-0.15, -0.1) is 0 Å². The first kappa shape index (κ1) is 25.7. The molecule has 1 fully saturated rings. The summed E-state index contributed by atoms with van der Waals surface area (Å²) in [4.78, 5) is 46.5. The van der Waals surface area contributed by atoms with Gasteiger partial charge in [-0.25, -0.2) is 4.79 Å². The Balaban J connectivity index is 0.00000288. The number of hydrogen-bond donors (Lipinski definition) is 1. The van der Waals surface area contributed by atoms with Crippen molar-refractivity contribution in [2.45, 2.75) is 31.8 Å². The molecular weight excluding hydrogens is 377 g/mol. The van der Waals surface area contributed by atoms with E-state index in [1.165, 1.54) is 17.9 Å². The van der Waals surface area contributed by atoms with Crippen LogP contribution in [0.15, 0.2) is 15.8 Å². The van der Waals surface area contributed by atoms with Crippen LogP contribution in [0.5, 0.6) is 0 Å². The van der Waals surface area contributed by atoms with Crippen LogP contribution in [0.4, 0.5) is 0 Å². The minimum Gasteiger partial charge on any atom is -0.809 e. The fraction of sp³-hybridized carbons (Fsp3) is 0.667. The topological polar surface area (TPSA) is 146 Å². The van der Waals surface area contributed by atoms with E-state index in [-0.39, 0.29) is 65.7 Å². The van der Waals surface area contributed by atoms with Crippen molar-refractivity contribution in [3.8, 4) is 0 Å². The number of aromatic amines is 1. The molecule has 0 bridgehead atoms. The van der Waals surface area contributed by atoms with E-state index in [4.69, 9.17) is 14.2 Å². The first-order chi connectivity index (χ1) is 10.7. The number of aryl methyl sites for hydroxylation is 1. The molecule has 1 aliphatic heterocycles. The summed E-state index contributed by atoms with van der Waals surface area (Å²) in [5.41, 5.74) is -0.750. The van der Waals surface area contributed by atoms with Gasteiger partial charge in [-0.1, -0.05) is 0 Å². The van der Waals surface area contributed by atoms with Crippen LogP contribution in [0.2, 0.25) is 0 Å². The number of methoxy groups -OCH3 is 1. The van der Waals surface area contributed by atoms with Crippen molar-refractivity contribution < 1.29 is 87.7 Å². The summed E-state index contributed by atoms with van der Waals surface area (Å²) in [5, 5.41) is 0. The molecule has 1 aliphatic rings. The third-order valence-corrected chi connectivity index (χ3v) is 3.97. The predicted octanol–water partition coefficient (Wildman–Crippen LogP) is -7.96. The summed E-state index contributed by atoms with van der Waals surface area (Å²) in [5.74, 6) is 0. The zero-order chi connectivity index (χ0) is 17.2. The monoisotopic (exact) mass is 394 g/mol. The maximum atomic E-state index is 11.9. The molecule has 0 radical (unpaired) electrons. The van der Waals surface area contributed by atoms with Crippen molar-refractivity contribution >= 4 is 7.60 Å². The van der Waals surface area contributed by atoms with Gasteiger partial charge in [0.25, 0.3) is 5.56 Å². The van der Waals surface area contributed by atoms with Gasteiger partial charge in [0.15, 0.2) is 0 Å². The van der Waals surface area contributed by atoms with Crippen LogP contribution in [0.25, 0.3) is 0 Å². The summed E-state index contributed by atoms with van der Waals surface area (Å²) < 4.78 is 27.5. The fourth-order valence-electron chi connectivity index (χ4n) is 2.35. The molecule has 0 aliphatic carbocycles. The van der Waals surface area contributed by atoms with Gasteiger partial charge in [0, 0.05) is 25.3 Å². The van der Waals surface area contributed by atoms with Crippen molar-refractivity contribution in [2.75, 3.05) is 20.1 Å². The Hall–Kier alpha value is 0.710. The van der Waals surface area contributed by atoms with Crippen LogP contribution in [0.3, 0.4) is 0 Å². The molecule has 0 unspecified atom stereocenters. The van der Waals surface area contributed by atoms with Gasteiger partial charge >= 0.3 is 64.8 Å². The summed E-state index contributed by atoms with van der Waals surface area (Å²) in [6, 6.07) is 0. The van der Waals surface area contributed by atoms with Gasteiger partial charge in [0.1, 0.15) is 12.3 Å². The van der Waals surface area contributed by atoms with Crippen molar-refractivity contribution in [1.29, 1.82) is 0 Å². The van der Waals surface area contributed by atoms with Gasteiger partial charge in [-0.3, -0.25) is 14.3 Å². The first-order valence-corrected chi connectivity index (χ1v) is 8.53. The van der Waals surface area contributed by atoms with Crippen molar-refractivity contribution in [1.82, 2.24) is 9.55 Å². The third kappa shape index (κ3) is 7.33. The molecule has 13 heteroatoms. The Morgan fingerprint density at radius 2 is 2.04 bits per heavy atom. The van der Waals surface area contributed by atoms with E-state index >= 15 is 0 Å². The molecule has 1 aromatic rings. The molecule has 0 aromatic carbocycles. The number of rotatable bonds is 6. The van der Waals surface area contributed by atoms with Crippen LogP contribution in [0.1, 0.15) is 18.2 Å². The molecule has 2 rings (SSSR count). The van der Waals surface area contributed by atoms with E-state index in [0.717, 1.165) is 0 Å². The van der Waals surface area contributed by atoms with E-state index in [1.54, 1.807) is 6.92 Å². The molecule has 0 amide bonds. The SMILES string of the molecule is CO[C@H]1C[C@H](n2cc(C)c(=O)[nH]c2=O)O[C@@H]1COCP(=O)([O-])[O-].[Na+].[Na+].